The third kappa shape index (κ3) is 6.01. The van der Waals surface area contributed by atoms with Crippen LogP contribution in [0.5, 0.6) is 0 Å². The number of sulfonamides is 1. The summed E-state index contributed by atoms with van der Waals surface area (Å²) in [7, 11) is -3.48. The molecule has 0 aliphatic heterocycles. The normalized spacial score (nSPS) is 12.7. The quantitative estimate of drug-likeness (QED) is 0.795. The maximum atomic E-state index is 12.9. The molecule has 1 aromatic carbocycles. The lowest BCUT2D eigenvalue weighted by molar-refractivity contribution is -0.121. The molecule has 0 saturated heterocycles. The van der Waals surface area contributed by atoms with Gasteiger partial charge in [-0.05, 0) is 44.0 Å². The van der Waals surface area contributed by atoms with E-state index < -0.39 is 15.8 Å². The fourth-order valence-corrected chi connectivity index (χ4v) is 2.89. The van der Waals surface area contributed by atoms with E-state index in [1.54, 1.807) is 0 Å². The van der Waals surface area contributed by atoms with E-state index in [0.29, 0.717) is 12.1 Å². The topological polar surface area (TPSA) is 66.5 Å². The van der Waals surface area contributed by atoms with Gasteiger partial charge in [0.1, 0.15) is 5.82 Å². The number of nitrogens with one attached hydrogen (secondary N) is 1. The van der Waals surface area contributed by atoms with Crippen LogP contribution in [-0.2, 0) is 14.8 Å². The SMILES string of the molecule is CC[C@@H](C)NC(=O)CCCN(c1ccc(F)cc1)S(C)(=O)=O. The van der Waals surface area contributed by atoms with Crippen LogP contribution < -0.4 is 9.62 Å². The highest BCUT2D eigenvalue weighted by Gasteiger charge is 2.17. The minimum Gasteiger partial charge on any atom is -0.354 e. The Bertz CT molecular complexity index is 587. The zero-order valence-corrected chi connectivity index (χ0v) is 14.0. The fourth-order valence-electron chi connectivity index (χ4n) is 1.93. The summed E-state index contributed by atoms with van der Waals surface area (Å²) in [5.41, 5.74) is 0.395. The van der Waals surface area contributed by atoms with Crippen molar-refractivity contribution in [2.75, 3.05) is 17.1 Å². The van der Waals surface area contributed by atoms with Crippen LogP contribution in [0.3, 0.4) is 0 Å². The number of rotatable bonds is 8. The Morgan fingerprint density at radius 2 is 1.91 bits per heavy atom. The van der Waals surface area contributed by atoms with Crippen LogP contribution in [0.4, 0.5) is 10.1 Å². The molecular weight excluding hydrogens is 307 g/mol. The summed E-state index contributed by atoms with van der Waals surface area (Å²) in [4.78, 5) is 11.7. The van der Waals surface area contributed by atoms with Gasteiger partial charge in [0.25, 0.3) is 0 Å². The molecule has 0 fully saturated rings. The largest absolute Gasteiger partial charge is 0.354 e. The van der Waals surface area contributed by atoms with Gasteiger partial charge in [-0.2, -0.15) is 0 Å². The number of nitrogens with zero attached hydrogens (tertiary/aromatic N) is 1. The molecule has 1 atom stereocenters. The molecule has 0 spiro atoms. The van der Waals surface area contributed by atoms with E-state index in [9.17, 15) is 17.6 Å². The Morgan fingerprint density at radius 1 is 1.32 bits per heavy atom. The lowest BCUT2D eigenvalue weighted by atomic mass is 10.2. The number of halogens is 1. The second-order valence-electron chi connectivity index (χ2n) is 5.29. The van der Waals surface area contributed by atoms with E-state index in [1.165, 1.54) is 28.6 Å². The molecule has 22 heavy (non-hydrogen) atoms. The molecule has 0 unspecified atom stereocenters. The predicted octanol–water partition coefficient (Wildman–Crippen LogP) is 2.29. The van der Waals surface area contributed by atoms with Crippen LogP contribution in [0.15, 0.2) is 24.3 Å². The second kappa shape index (κ2) is 8.12. The van der Waals surface area contributed by atoms with E-state index >= 15 is 0 Å². The van der Waals surface area contributed by atoms with Gasteiger partial charge in [-0.15, -0.1) is 0 Å². The molecule has 5 nitrogen and oxygen atoms in total. The van der Waals surface area contributed by atoms with Crippen molar-refractivity contribution in [1.29, 1.82) is 0 Å². The number of anilines is 1. The van der Waals surface area contributed by atoms with Gasteiger partial charge in [-0.25, -0.2) is 12.8 Å². The van der Waals surface area contributed by atoms with Crippen LogP contribution >= 0.6 is 0 Å². The zero-order valence-electron chi connectivity index (χ0n) is 13.2. The summed E-state index contributed by atoms with van der Waals surface area (Å²) in [6.45, 7) is 4.07. The van der Waals surface area contributed by atoms with Crippen molar-refractivity contribution < 1.29 is 17.6 Å². The number of carbonyl (C=O) groups is 1. The molecule has 1 aromatic rings. The Kier molecular flexibility index (Phi) is 6.80. The maximum Gasteiger partial charge on any atom is 0.232 e. The van der Waals surface area contributed by atoms with Crippen LogP contribution in [0.25, 0.3) is 0 Å². The van der Waals surface area contributed by atoms with Gasteiger partial charge in [0.15, 0.2) is 0 Å². The first kappa shape index (κ1) is 18.4. The van der Waals surface area contributed by atoms with Gasteiger partial charge in [-0.3, -0.25) is 9.10 Å². The number of benzene rings is 1. The summed E-state index contributed by atoms with van der Waals surface area (Å²) in [6, 6.07) is 5.35. The molecule has 0 aromatic heterocycles. The predicted molar refractivity (Wildman–Crippen MR) is 85.7 cm³/mol. The highest BCUT2D eigenvalue weighted by atomic mass is 32.2. The maximum absolute atomic E-state index is 12.9. The standard InChI is InChI=1S/C15H23FN2O3S/c1-4-12(2)17-15(19)6-5-11-18(22(3,20)21)14-9-7-13(16)8-10-14/h7-10,12H,4-6,11H2,1-3H3,(H,17,19)/t12-/m1/s1. The first-order valence-electron chi connectivity index (χ1n) is 7.26. The lowest BCUT2D eigenvalue weighted by Crippen LogP contribution is -2.34. The number of hydrogen-bond donors (Lipinski definition) is 1. The molecule has 0 aliphatic carbocycles. The van der Waals surface area contributed by atoms with Gasteiger partial charge >= 0.3 is 0 Å². The van der Waals surface area contributed by atoms with Crippen molar-refractivity contribution in [3.63, 3.8) is 0 Å². The van der Waals surface area contributed by atoms with Crippen LogP contribution in [0.1, 0.15) is 33.1 Å². The lowest BCUT2D eigenvalue weighted by Gasteiger charge is -2.22. The van der Waals surface area contributed by atoms with Gasteiger partial charge in [0.05, 0.1) is 11.9 Å². The van der Waals surface area contributed by atoms with Crippen molar-refractivity contribution in [3.8, 4) is 0 Å². The Hall–Kier alpha value is -1.63. The molecule has 0 aliphatic rings. The van der Waals surface area contributed by atoms with E-state index in [1.807, 2.05) is 13.8 Å². The van der Waals surface area contributed by atoms with E-state index in [0.717, 1.165) is 12.7 Å². The van der Waals surface area contributed by atoms with Crippen molar-refractivity contribution in [2.45, 2.75) is 39.2 Å². The monoisotopic (exact) mass is 330 g/mol. The first-order valence-corrected chi connectivity index (χ1v) is 9.11. The average molecular weight is 330 g/mol. The highest BCUT2D eigenvalue weighted by molar-refractivity contribution is 7.92. The third-order valence-electron chi connectivity index (χ3n) is 3.30. The van der Waals surface area contributed by atoms with E-state index in [2.05, 4.69) is 5.32 Å². The van der Waals surface area contributed by atoms with Crippen molar-refractivity contribution >= 4 is 21.6 Å². The van der Waals surface area contributed by atoms with Crippen molar-refractivity contribution in [2.24, 2.45) is 0 Å². The van der Waals surface area contributed by atoms with Gasteiger partial charge < -0.3 is 5.32 Å². The van der Waals surface area contributed by atoms with Gasteiger partial charge in [0, 0.05) is 19.0 Å². The molecular formula is C15H23FN2O3S. The molecule has 0 bridgehead atoms. The molecule has 1 rings (SSSR count). The van der Waals surface area contributed by atoms with Crippen LogP contribution in [-0.4, -0.2) is 33.2 Å². The Labute approximate surface area is 131 Å². The van der Waals surface area contributed by atoms with Gasteiger partial charge in [-0.1, -0.05) is 6.92 Å². The summed E-state index contributed by atoms with van der Waals surface area (Å²) < 4.78 is 37.8. The second-order valence-corrected chi connectivity index (χ2v) is 7.20. The van der Waals surface area contributed by atoms with E-state index in [-0.39, 0.29) is 24.9 Å². The molecule has 1 amide bonds. The van der Waals surface area contributed by atoms with Gasteiger partial charge in [0.2, 0.25) is 15.9 Å². The summed E-state index contributed by atoms with van der Waals surface area (Å²) in [6.07, 6.45) is 2.58. The minimum absolute atomic E-state index is 0.0955. The molecule has 0 radical (unpaired) electrons. The summed E-state index contributed by atoms with van der Waals surface area (Å²) in [5.74, 6) is -0.521. The zero-order chi connectivity index (χ0) is 16.8. The van der Waals surface area contributed by atoms with E-state index in [4.69, 9.17) is 0 Å². The summed E-state index contributed by atoms with van der Waals surface area (Å²) in [5, 5.41) is 2.83. The average Bonchev–Trinajstić information content (AvgIpc) is 2.43. The Morgan fingerprint density at radius 3 is 2.41 bits per heavy atom. The van der Waals surface area contributed by atoms with Crippen molar-refractivity contribution in [1.82, 2.24) is 5.32 Å². The molecule has 1 N–H and O–H groups in total. The third-order valence-corrected chi connectivity index (χ3v) is 4.49. The Balaban J connectivity index is 2.65. The number of carbonyl (C=O) groups excluding carboxylic acids is 1. The molecule has 124 valence electrons. The number of amides is 1. The summed E-state index contributed by atoms with van der Waals surface area (Å²) >= 11 is 0. The molecule has 0 heterocycles. The fraction of sp³-hybridized carbons (Fsp3) is 0.533. The molecule has 7 heteroatoms. The molecule has 0 saturated carbocycles. The number of hydrogen-bond acceptors (Lipinski definition) is 3. The highest BCUT2D eigenvalue weighted by Crippen LogP contribution is 2.18. The minimum atomic E-state index is -3.48. The van der Waals surface area contributed by atoms with Crippen molar-refractivity contribution in [3.05, 3.63) is 30.1 Å². The first-order chi connectivity index (χ1) is 10.2. The smallest absolute Gasteiger partial charge is 0.232 e. The van der Waals surface area contributed by atoms with Crippen LogP contribution in [0.2, 0.25) is 0 Å². The van der Waals surface area contributed by atoms with Crippen LogP contribution in [0, 0.1) is 5.82 Å².